The molecule has 1 amide bonds. The number of fused-ring (bicyclic) bond motifs is 3. The van der Waals surface area contributed by atoms with Crippen molar-refractivity contribution in [2.45, 2.75) is 38.4 Å². The minimum Gasteiger partial charge on any atom is -0.326 e. The van der Waals surface area contributed by atoms with Crippen molar-refractivity contribution in [3.8, 4) is 0 Å². The summed E-state index contributed by atoms with van der Waals surface area (Å²) in [6.07, 6.45) is 1.11. The summed E-state index contributed by atoms with van der Waals surface area (Å²) in [5, 5.41) is 12.6. The summed E-state index contributed by atoms with van der Waals surface area (Å²) in [7, 11) is 0. The topological polar surface area (TPSA) is 81.3 Å². The van der Waals surface area contributed by atoms with E-state index < -0.39 is 0 Å². The number of para-hydroxylation sites is 1. The van der Waals surface area contributed by atoms with E-state index in [4.69, 9.17) is 0 Å². The van der Waals surface area contributed by atoms with Gasteiger partial charge in [-0.25, -0.2) is 4.39 Å². The number of aryl methyl sites for hydroxylation is 1. The van der Waals surface area contributed by atoms with Gasteiger partial charge in [0, 0.05) is 24.4 Å². The first kappa shape index (κ1) is 22.0. The molecule has 0 radical (unpaired) electrons. The van der Waals surface area contributed by atoms with E-state index in [0.29, 0.717) is 40.2 Å². The van der Waals surface area contributed by atoms with Gasteiger partial charge in [0.1, 0.15) is 5.82 Å². The number of nitrogens with zero attached hydrogens (tertiary/aromatic N) is 4. The van der Waals surface area contributed by atoms with Gasteiger partial charge in [-0.15, -0.1) is 10.2 Å². The Morgan fingerprint density at radius 1 is 1.12 bits per heavy atom. The quantitative estimate of drug-likeness (QED) is 0.401. The molecule has 0 aliphatic carbocycles. The van der Waals surface area contributed by atoms with E-state index >= 15 is 0 Å². The van der Waals surface area contributed by atoms with Gasteiger partial charge in [-0.3, -0.25) is 18.6 Å². The van der Waals surface area contributed by atoms with Gasteiger partial charge in [-0.2, -0.15) is 0 Å². The fourth-order valence-electron chi connectivity index (χ4n) is 3.41. The molecule has 2 aromatic heterocycles. The Balaban J connectivity index is 1.56. The molecule has 2 aromatic carbocycles. The Kier molecular flexibility index (Phi) is 6.55. The monoisotopic (exact) mass is 453 g/mol. The Hall–Kier alpha value is -3.20. The van der Waals surface area contributed by atoms with Crippen LogP contribution in [-0.2, 0) is 11.3 Å². The van der Waals surface area contributed by atoms with E-state index in [9.17, 15) is 14.0 Å². The summed E-state index contributed by atoms with van der Waals surface area (Å²) >= 11 is 1.40. The fourth-order valence-corrected chi connectivity index (χ4v) is 4.29. The fraction of sp³-hybridized carbons (Fsp3) is 0.304. The van der Waals surface area contributed by atoms with E-state index in [0.717, 1.165) is 11.9 Å². The lowest BCUT2D eigenvalue weighted by Gasteiger charge is -2.12. The maximum Gasteiger partial charge on any atom is 0.262 e. The molecule has 0 aliphatic heterocycles. The summed E-state index contributed by atoms with van der Waals surface area (Å²) < 4.78 is 16.6. The average Bonchev–Trinajstić information content (AvgIpc) is 3.19. The van der Waals surface area contributed by atoms with E-state index in [-0.39, 0.29) is 23.7 Å². The Morgan fingerprint density at radius 2 is 1.88 bits per heavy atom. The molecule has 7 nitrogen and oxygen atoms in total. The van der Waals surface area contributed by atoms with Crippen LogP contribution in [-0.4, -0.2) is 30.8 Å². The predicted octanol–water partition coefficient (Wildman–Crippen LogP) is 4.35. The summed E-state index contributed by atoms with van der Waals surface area (Å²) in [4.78, 5) is 25.3. The molecule has 4 aromatic rings. The molecule has 0 bridgehead atoms. The lowest BCUT2D eigenvalue weighted by Crippen LogP contribution is -2.24. The highest BCUT2D eigenvalue weighted by atomic mass is 32.2. The van der Waals surface area contributed by atoms with Crippen LogP contribution in [0, 0.1) is 11.7 Å². The van der Waals surface area contributed by atoms with E-state index in [1.807, 2.05) is 28.7 Å². The number of halogens is 1. The third kappa shape index (κ3) is 4.67. The van der Waals surface area contributed by atoms with Crippen molar-refractivity contribution in [3.63, 3.8) is 0 Å². The summed E-state index contributed by atoms with van der Waals surface area (Å²) in [6.45, 7) is 4.80. The second-order valence-electron chi connectivity index (χ2n) is 7.93. The normalized spacial score (nSPS) is 11.5. The third-order valence-electron chi connectivity index (χ3n) is 5.10. The van der Waals surface area contributed by atoms with Gasteiger partial charge in [0.2, 0.25) is 11.7 Å². The Bertz CT molecular complexity index is 1310. The van der Waals surface area contributed by atoms with E-state index in [1.165, 1.54) is 36.0 Å². The second kappa shape index (κ2) is 9.52. The smallest absolute Gasteiger partial charge is 0.262 e. The molecule has 32 heavy (non-hydrogen) atoms. The molecule has 9 heteroatoms. The average molecular weight is 454 g/mol. The molecule has 0 fully saturated rings. The molecular formula is C23H24FN5O2S. The molecule has 1 N–H and O–H groups in total. The van der Waals surface area contributed by atoms with Crippen LogP contribution in [0.15, 0.2) is 58.5 Å². The van der Waals surface area contributed by atoms with E-state index in [2.05, 4.69) is 29.4 Å². The Morgan fingerprint density at radius 3 is 2.62 bits per heavy atom. The number of amides is 1. The third-order valence-corrected chi connectivity index (χ3v) is 6.03. The zero-order chi connectivity index (χ0) is 22.7. The first-order valence-corrected chi connectivity index (χ1v) is 11.5. The van der Waals surface area contributed by atoms with Gasteiger partial charge in [-0.1, -0.05) is 37.7 Å². The van der Waals surface area contributed by atoms with Gasteiger partial charge in [0.25, 0.3) is 5.56 Å². The van der Waals surface area contributed by atoms with Crippen LogP contribution >= 0.6 is 11.8 Å². The molecule has 4 rings (SSSR count). The van der Waals surface area contributed by atoms with Crippen molar-refractivity contribution < 1.29 is 9.18 Å². The Labute approximate surface area is 188 Å². The van der Waals surface area contributed by atoms with Crippen LogP contribution in [0.3, 0.4) is 0 Å². The number of hydrogen-bond donors (Lipinski definition) is 1. The van der Waals surface area contributed by atoms with Crippen LogP contribution in [0.25, 0.3) is 16.7 Å². The molecule has 0 aliphatic rings. The minimum atomic E-state index is -0.351. The zero-order valence-corrected chi connectivity index (χ0v) is 18.7. The maximum atomic E-state index is 13.1. The standard InChI is InChI=1S/C23H24FN5O2S/c1-15(2)11-13-28-21(31)18-5-3-4-6-19(18)29-22(28)26-27-23(29)32-14-12-20(30)25-17-9-7-16(24)8-10-17/h3-10,15H,11-14H2,1-2H3,(H,25,30). The number of nitrogens with one attached hydrogen (secondary N) is 1. The van der Waals surface area contributed by atoms with Crippen molar-refractivity contribution in [3.05, 3.63) is 64.7 Å². The number of aromatic nitrogens is 4. The van der Waals surface area contributed by atoms with E-state index in [1.54, 1.807) is 4.57 Å². The SMILES string of the molecule is CC(C)CCn1c(=O)c2ccccc2n2c(SCCC(=O)Nc3ccc(F)cc3)nnc12. The van der Waals surface area contributed by atoms with Gasteiger partial charge in [-0.05, 0) is 48.7 Å². The number of anilines is 1. The zero-order valence-electron chi connectivity index (χ0n) is 17.9. The largest absolute Gasteiger partial charge is 0.326 e. The van der Waals surface area contributed by atoms with Crippen LogP contribution < -0.4 is 10.9 Å². The highest BCUT2D eigenvalue weighted by Crippen LogP contribution is 2.22. The van der Waals surface area contributed by atoms with Crippen molar-refractivity contribution in [1.29, 1.82) is 0 Å². The first-order valence-electron chi connectivity index (χ1n) is 10.5. The number of carbonyl (C=O) groups is 1. The molecule has 2 heterocycles. The highest BCUT2D eigenvalue weighted by molar-refractivity contribution is 7.99. The van der Waals surface area contributed by atoms with Crippen molar-refractivity contribution >= 4 is 40.0 Å². The maximum absolute atomic E-state index is 13.1. The van der Waals surface area contributed by atoms with Crippen molar-refractivity contribution in [2.75, 3.05) is 11.1 Å². The lowest BCUT2D eigenvalue weighted by atomic mass is 10.1. The van der Waals surface area contributed by atoms with Crippen molar-refractivity contribution in [2.24, 2.45) is 5.92 Å². The number of thioether (sulfide) groups is 1. The van der Waals surface area contributed by atoms with Gasteiger partial charge < -0.3 is 5.32 Å². The second-order valence-corrected chi connectivity index (χ2v) is 8.99. The number of benzene rings is 2. The molecule has 0 atom stereocenters. The highest BCUT2D eigenvalue weighted by Gasteiger charge is 2.17. The number of hydrogen-bond acceptors (Lipinski definition) is 5. The summed E-state index contributed by atoms with van der Waals surface area (Å²) in [5.41, 5.74) is 1.22. The molecule has 0 spiro atoms. The lowest BCUT2D eigenvalue weighted by molar-refractivity contribution is -0.115. The van der Waals surface area contributed by atoms with Crippen LogP contribution in [0.2, 0.25) is 0 Å². The van der Waals surface area contributed by atoms with Gasteiger partial charge in [0.05, 0.1) is 10.9 Å². The number of carbonyl (C=O) groups excluding carboxylic acids is 1. The molecule has 0 unspecified atom stereocenters. The summed E-state index contributed by atoms with van der Waals surface area (Å²) in [6, 6.07) is 13.1. The summed E-state index contributed by atoms with van der Waals surface area (Å²) in [5.74, 6) is 0.915. The molecule has 0 saturated heterocycles. The molecular weight excluding hydrogens is 429 g/mol. The molecule has 0 saturated carbocycles. The minimum absolute atomic E-state index is 0.0728. The number of rotatable bonds is 8. The van der Waals surface area contributed by atoms with Crippen LogP contribution in [0.1, 0.15) is 26.7 Å². The van der Waals surface area contributed by atoms with Gasteiger partial charge >= 0.3 is 0 Å². The molecule has 166 valence electrons. The first-order chi connectivity index (χ1) is 15.4. The predicted molar refractivity (Wildman–Crippen MR) is 125 cm³/mol. The van der Waals surface area contributed by atoms with Crippen molar-refractivity contribution in [1.82, 2.24) is 19.2 Å². The van der Waals surface area contributed by atoms with Crippen LogP contribution in [0.5, 0.6) is 0 Å². The van der Waals surface area contributed by atoms with Gasteiger partial charge in [0.15, 0.2) is 5.16 Å². The van der Waals surface area contributed by atoms with Crippen LogP contribution in [0.4, 0.5) is 10.1 Å².